The van der Waals surface area contributed by atoms with Gasteiger partial charge in [0.25, 0.3) is 5.91 Å². The molecule has 0 aliphatic rings. The maximum absolute atomic E-state index is 13.5. The Bertz CT molecular complexity index is 485. The van der Waals surface area contributed by atoms with E-state index in [4.69, 9.17) is 0 Å². The highest BCUT2D eigenvalue weighted by Crippen LogP contribution is 2.20. The molecule has 0 fully saturated rings. The van der Waals surface area contributed by atoms with E-state index in [0.717, 1.165) is 12.1 Å². The zero-order chi connectivity index (χ0) is 14.6. The van der Waals surface area contributed by atoms with Gasteiger partial charge in [0.15, 0.2) is 0 Å². The van der Waals surface area contributed by atoms with E-state index in [1.807, 2.05) is 0 Å². The fraction of sp³-hybridized carbons (Fsp3) is 0.417. The molecule has 0 saturated carbocycles. The van der Waals surface area contributed by atoms with E-state index >= 15 is 0 Å². The Morgan fingerprint density at radius 3 is 2.32 bits per heavy atom. The Labute approximate surface area is 113 Å². The average Bonchev–Trinajstić information content (AvgIpc) is 2.26. The number of carbonyl (C=O) groups excluding carboxylic acids is 1. The first-order valence-electron chi connectivity index (χ1n) is 5.62. The van der Waals surface area contributed by atoms with E-state index in [1.165, 1.54) is 13.3 Å². The summed E-state index contributed by atoms with van der Waals surface area (Å²) in [4.78, 5) is 11.8. The third-order valence-electron chi connectivity index (χ3n) is 2.42. The van der Waals surface area contributed by atoms with E-state index in [1.54, 1.807) is 6.92 Å². The Balaban J connectivity index is 2.86. The maximum Gasteiger partial charge on any atom is 0.251 e. The molecule has 4 nitrogen and oxygen atoms in total. The average molecular weight is 290 g/mol. The Morgan fingerprint density at radius 2 is 1.89 bits per heavy atom. The van der Waals surface area contributed by atoms with Crippen LogP contribution in [0.1, 0.15) is 17.3 Å². The van der Waals surface area contributed by atoms with Crippen LogP contribution in [0.2, 0.25) is 0 Å². The second-order valence-corrected chi connectivity index (χ2v) is 5.66. The number of hydrogen-bond acceptors (Lipinski definition) is 3. The largest absolute Gasteiger partial charge is 0.383 e. The topological polar surface area (TPSA) is 58.2 Å². The number of amides is 1. The molecular formula is C12H16F2N2O2S. The highest BCUT2D eigenvalue weighted by atomic mass is 32.2. The van der Waals surface area contributed by atoms with Crippen LogP contribution in [0.25, 0.3) is 0 Å². The second-order valence-electron chi connectivity index (χ2n) is 4.18. The number of halogens is 2. The first-order valence-corrected chi connectivity index (χ1v) is 7.35. The molecule has 0 bridgehead atoms. The summed E-state index contributed by atoms with van der Waals surface area (Å²) in [6, 6.07) is 1.58. The normalized spacial score (nSPS) is 13.7. The van der Waals surface area contributed by atoms with Gasteiger partial charge in [-0.15, -0.1) is 0 Å². The molecule has 0 spiro atoms. The van der Waals surface area contributed by atoms with Crippen LogP contribution >= 0.6 is 0 Å². The molecule has 0 aromatic heterocycles. The highest BCUT2D eigenvalue weighted by Gasteiger charge is 2.16. The van der Waals surface area contributed by atoms with Crippen molar-refractivity contribution >= 4 is 22.4 Å². The molecule has 19 heavy (non-hydrogen) atoms. The van der Waals surface area contributed by atoms with Crippen LogP contribution in [0, 0.1) is 11.6 Å². The Kier molecular flexibility index (Phi) is 5.41. The summed E-state index contributed by atoms with van der Waals surface area (Å²) in [5, 5.41) is 4.91. The lowest BCUT2D eigenvalue weighted by Crippen LogP contribution is -2.36. The van der Waals surface area contributed by atoms with Gasteiger partial charge in [0, 0.05) is 41.5 Å². The molecule has 1 aromatic carbocycles. The molecule has 106 valence electrons. The molecule has 1 rings (SSSR count). The number of nitrogens with one attached hydrogen (secondary N) is 2. The standard InChI is InChI=1S/C12H16F2N2O2S/c1-7(6-19(3)18)16-12(17)8-4-9(13)11(15-2)10(14)5-8/h4-5,7,15H,6H2,1-3H3,(H,16,17). The number of rotatable bonds is 5. The van der Waals surface area contributed by atoms with Crippen LogP contribution in [0.4, 0.5) is 14.5 Å². The van der Waals surface area contributed by atoms with Crippen molar-refractivity contribution in [1.29, 1.82) is 0 Å². The van der Waals surface area contributed by atoms with E-state index in [9.17, 15) is 17.8 Å². The number of hydrogen-bond donors (Lipinski definition) is 2. The molecular weight excluding hydrogens is 274 g/mol. The summed E-state index contributed by atoms with van der Waals surface area (Å²) < 4.78 is 38.0. The second kappa shape index (κ2) is 6.60. The van der Waals surface area contributed by atoms with Gasteiger partial charge in [-0.1, -0.05) is 0 Å². The fourth-order valence-corrected chi connectivity index (χ4v) is 2.43. The predicted octanol–water partition coefficient (Wildman–Crippen LogP) is 1.50. The summed E-state index contributed by atoms with van der Waals surface area (Å²) in [6.07, 6.45) is 1.52. The molecule has 2 N–H and O–H groups in total. The molecule has 0 heterocycles. The van der Waals surface area contributed by atoms with Crippen LogP contribution in [-0.2, 0) is 10.8 Å². The minimum absolute atomic E-state index is 0.109. The minimum Gasteiger partial charge on any atom is -0.383 e. The van der Waals surface area contributed by atoms with Crippen LogP contribution in [0.5, 0.6) is 0 Å². The lowest BCUT2D eigenvalue weighted by atomic mass is 10.1. The van der Waals surface area contributed by atoms with Crippen LogP contribution in [0.3, 0.4) is 0 Å². The summed E-state index contributed by atoms with van der Waals surface area (Å²) in [7, 11) is 0.334. The quantitative estimate of drug-likeness (QED) is 0.864. The molecule has 2 atom stereocenters. The van der Waals surface area contributed by atoms with Crippen molar-refractivity contribution in [2.75, 3.05) is 24.4 Å². The molecule has 0 radical (unpaired) electrons. The van der Waals surface area contributed by atoms with Crippen LogP contribution in [0.15, 0.2) is 12.1 Å². The fourth-order valence-electron chi connectivity index (χ4n) is 1.64. The first-order chi connectivity index (χ1) is 8.85. The van der Waals surface area contributed by atoms with Gasteiger partial charge in [0.1, 0.15) is 17.3 Å². The number of carbonyl (C=O) groups is 1. The number of anilines is 1. The van der Waals surface area contributed by atoms with Gasteiger partial charge in [-0.05, 0) is 19.1 Å². The molecule has 0 aliphatic heterocycles. The zero-order valence-electron chi connectivity index (χ0n) is 10.9. The minimum atomic E-state index is -1.06. The zero-order valence-corrected chi connectivity index (χ0v) is 11.7. The van der Waals surface area contributed by atoms with Crippen molar-refractivity contribution in [2.24, 2.45) is 0 Å². The summed E-state index contributed by atoms with van der Waals surface area (Å²) >= 11 is 0. The lowest BCUT2D eigenvalue weighted by molar-refractivity contribution is 0.0943. The molecule has 0 aliphatic carbocycles. The number of benzene rings is 1. The van der Waals surface area contributed by atoms with Gasteiger partial charge < -0.3 is 10.6 Å². The van der Waals surface area contributed by atoms with E-state index in [0.29, 0.717) is 0 Å². The van der Waals surface area contributed by atoms with Crippen molar-refractivity contribution in [3.8, 4) is 0 Å². The van der Waals surface area contributed by atoms with Gasteiger partial charge in [0.2, 0.25) is 0 Å². The molecule has 7 heteroatoms. The van der Waals surface area contributed by atoms with Gasteiger partial charge in [-0.3, -0.25) is 9.00 Å². The van der Waals surface area contributed by atoms with Crippen LogP contribution in [-0.4, -0.2) is 35.2 Å². The highest BCUT2D eigenvalue weighted by molar-refractivity contribution is 7.84. The Hall–Kier alpha value is -1.50. The van der Waals surface area contributed by atoms with E-state index in [-0.39, 0.29) is 23.0 Å². The van der Waals surface area contributed by atoms with Crippen molar-refractivity contribution in [3.63, 3.8) is 0 Å². The smallest absolute Gasteiger partial charge is 0.251 e. The summed E-state index contributed by atoms with van der Waals surface area (Å²) in [6.45, 7) is 1.67. The summed E-state index contributed by atoms with van der Waals surface area (Å²) in [5.74, 6) is -1.98. The van der Waals surface area contributed by atoms with Crippen LogP contribution < -0.4 is 10.6 Å². The van der Waals surface area contributed by atoms with E-state index < -0.39 is 28.3 Å². The monoisotopic (exact) mass is 290 g/mol. The predicted molar refractivity (Wildman–Crippen MR) is 71.8 cm³/mol. The van der Waals surface area contributed by atoms with Gasteiger partial charge in [-0.2, -0.15) is 0 Å². The van der Waals surface area contributed by atoms with Gasteiger partial charge >= 0.3 is 0 Å². The SMILES string of the molecule is CNc1c(F)cc(C(=O)NC(C)CS(C)=O)cc1F. The van der Waals surface area contributed by atoms with Gasteiger partial charge in [0.05, 0.1) is 0 Å². The van der Waals surface area contributed by atoms with E-state index in [2.05, 4.69) is 10.6 Å². The molecule has 2 unspecified atom stereocenters. The molecule has 1 aromatic rings. The summed E-state index contributed by atoms with van der Waals surface area (Å²) in [5.41, 5.74) is -0.387. The maximum atomic E-state index is 13.5. The molecule has 0 saturated heterocycles. The third kappa shape index (κ3) is 4.27. The first kappa shape index (κ1) is 15.6. The lowest BCUT2D eigenvalue weighted by Gasteiger charge is -2.13. The van der Waals surface area contributed by atoms with Crippen molar-refractivity contribution in [1.82, 2.24) is 5.32 Å². The van der Waals surface area contributed by atoms with Crippen molar-refractivity contribution in [2.45, 2.75) is 13.0 Å². The molecule has 1 amide bonds. The van der Waals surface area contributed by atoms with Crippen molar-refractivity contribution in [3.05, 3.63) is 29.3 Å². The third-order valence-corrected chi connectivity index (χ3v) is 3.39. The van der Waals surface area contributed by atoms with Crippen molar-refractivity contribution < 1.29 is 17.8 Å². The van der Waals surface area contributed by atoms with Gasteiger partial charge in [-0.25, -0.2) is 8.78 Å². The Morgan fingerprint density at radius 1 is 1.37 bits per heavy atom.